The molecule has 0 bridgehead atoms. The number of hydrogen-bond donors (Lipinski definition) is 1. The Hall–Kier alpha value is -1.04. The molecule has 0 amide bonds. The van der Waals surface area contributed by atoms with Crippen LogP contribution in [0.25, 0.3) is 0 Å². The topological polar surface area (TPSA) is 56.0 Å². The quantitative estimate of drug-likeness (QED) is 0.860. The molecule has 2 aromatic rings. The van der Waals surface area contributed by atoms with E-state index >= 15 is 0 Å². The molecule has 5 heteroatoms. The number of ketones is 1. The van der Waals surface area contributed by atoms with Gasteiger partial charge in [-0.1, -0.05) is 28.1 Å². The van der Waals surface area contributed by atoms with Gasteiger partial charge in [0.2, 0.25) is 0 Å². The maximum atomic E-state index is 12.0. The number of nitrogens with two attached hydrogens (primary N) is 1. The second-order valence-corrected chi connectivity index (χ2v) is 5.75. The van der Waals surface area contributed by atoms with Crippen LogP contribution in [0.15, 0.2) is 34.1 Å². The van der Waals surface area contributed by atoms with E-state index in [2.05, 4.69) is 20.9 Å². The number of rotatable bonds is 5. The molecule has 94 valence electrons. The number of carbonyl (C=O) groups excluding carboxylic acids is 1. The van der Waals surface area contributed by atoms with Gasteiger partial charge in [0.1, 0.15) is 5.69 Å². The normalized spacial score (nSPS) is 10.6. The van der Waals surface area contributed by atoms with Crippen LogP contribution in [-0.2, 0) is 12.8 Å². The van der Waals surface area contributed by atoms with Crippen molar-refractivity contribution in [1.29, 1.82) is 0 Å². The van der Waals surface area contributed by atoms with Gasteiger partial charge in [-0.25, -0.2) is 4.98 Å². The van der Waals surface area contributed by atoms with E-state index in [0.717, 1.165) is 21.5 Å². The summed E-state index contributed by atoms with van der Waals surface area (Å²) in [5, 5.41) is 2.74. The summed E-state index contributed by atoms with van der Waals surface area (Å²) in [6.45, 7) is 0.563. The molecular formula is C13H13BrN2OS. The Labute approximate surface area is 118 Å². The van der Waals surface area contributed by atoms with E-state index in [0.29, 0.717) is 18.7 Å². The molecule has 0 unspecified atom stereocenters. The molecule has 0 aliphatic carbocycles. The first-order chi connectivity index (χ1) is 8.69. The van der Waals surface area contributed by atoms with Crippen LogP contribution in [0.2, 0.25) is 0 Å². The second kappa shape index (κ2) is 6.22. The summed E-state index contributed by atoms with van der Waals surface area (Å²) >= 11 is 4.87. The van der Waals surface area contributed by atoms with Crippen LogP contribution in [-0.4, -0.2) is 17.3 Å². The van der Waals surface area contributed by atoms with Gasteiger partial charge in [-0.3, -0.25) is 4.79 Å². The van der Waals surface area contributed by atoms with Crippen molar-refractivity contribution in [2.24, 2.45) is 5.73 Å². The Morgan fingerprint density at radius 2 is 2.06 bits per heavy atom. The Balaban J connectivity index is 2.04. The molecule has 3 nitrogen and oxygen atoms in total. The maximum absolute atomic E-state index is 12.0. The van der Waals surface area contributed by atoms with E-state index in [1.165, 1.54) is 11.3 Å². The van der Waals surface area contributed by atoms with Crippen molar-refractivity contribution in [3.05, 3.63) is 50.4 Å². The van der Waals surface area contributed by atoms with Crippen molar-refractivity contribution in [1.82, 2.24) is 4.98 Å². The summed E-state index contributed by atoms with van der Waals surface area (Å²) in [5.74, 6) is 0.0526. The molecule has 2 rings (SSSR count). The highest BCUT2D eigenvalue weighted by atomic mass is 79.9. The summed E-state index contributed by atoms with van der Waals surface area (Å²) < 4.78 is 1.01. The fourth-order valence-corrected chi connectivity index (χ4v) is 2.64. The third kappa shape index (κ3) is 3.48. The lowest BCUT2D eigenvalue weighted by Crippen LogP contribution is -2.06. The van der Waals surface area contributed by atoms with Crippen molar-refractivity contribution < 1.29 is 4.79 Å². The van der Waals surface area contributed by atoms with Crippen LogP contribution in [0.1, 0.15) is 21.1 Å². The van der Waals surface area contributed by atoms with Gasteiger partial charge in [0.05, 0.1) is 5.01 Å². The molecule has 0 aliphatic heterocycles. The second-order valence-electron chi connectivity index (χ2n) is 3.89. The molecule has 2 N–H and O–H groups in total. The van der Waals surface area contributed by atoms with Crippen molar-refractivity contribution in [3.63, 3.8) is 0 Å². The minimum absolute atomic E-state index is 0.0526. The molecule has 0 atom stereocenters. The van der Waals surface area contributed by atoms with Crippen LogP contribution in [0.3, 0.4) is 0 Å². The van der Waals surface area contributed by atoms with Crippen LogP contribution in [0.4, 0.5) is 0 Å². The predicted octanol–water partition coefficient (Wildman–Crippen LogP) is 2.83. The van der Waals surface area contributed by atoms with Crippen molar-refractivity contribution >= 4 is 33.0 Å². The molecule has 0 fully saturated rings. The number of carbonyl (C=O) groups is 1. The lowest BCUT2D eigenvalue weighted by molar-refractivity contribution is 0.0988. The summed E-state index contributed by atoms with van der Waals surface area (Å²) in [4.78, 5) is 16.3. The molecule has 0 radical (unpaired) electrons. The Bertz CT molecular complexity index is 536. The zero-order chi connectivity index (χ0) is 13.0. The van der Waals surface area contributed by atoms with Gasteiger partial charge < -0.3 is 5.73 Å². The Morgan fingerprint density at radius 1 is 1.33 bits per heavy atom. The Morgan fingerprint density at radius 3 is 2.72 bits per heavy atom. The van der Waals surface area contributed by atoms with Gasteiger partial charge in [-0.15, -0.1) is 11.3 Å². The van der Waals surface area contributed by atoms with E-state index < -0.39 is 0 Å². The SMILES string of the molecule is NCCc1nc(C(=O)Cc2ccc(Br)cc2)cs1. The largest absolute Gasteiger partial charge is 0.330 e. The number of thiazole rings is 1. The number of hydrogen-bond acceptors (Lipinski definition) is 4. The van der Waals surface area contributed by atoms with Gasteiger partial charge in [-0.2, -0.15) is 0 Å². The third-order valence-electron chi connectivity index (χ3n) is 2.47. The number of Topliss-reactive ketones (excluding diaryl/α,β-unsaturated/α-hetero) is 1. The zero-order valence-electron chi connectivity index (χ0n) is 9.73. The lowest BCUT2D eigenvalue weighted by Gasteiger charge is -1.99. The van der Waals surface area contributed by atoms with Gasteiger partial charge in [0, 0.05) is 22.7 Å². The number of aromatic nitrogens is 1. The summed E-state index contributed by atoms with van der Waals surface area (Å²) in [6.07, 6.45) is 1.12. The minimum Gasteiger partial charge on any atom is -0.330 e. The molecule has 1 heterocycles. The average Bonchev–Trinajstić information content (AvgIpc) is 2.81. The summed E-state index contributed by atoms with van der Waals surface area (Å²) in [7, 11) is 0. The Kier molecular flexibility index (Phi) is 4.63. The van der Waals surface area contributed by atoms with Gasteiger partial charge in [-0.05, 0) is 24.2 Å². The lowest BCUT2D eigenvalue weighted by atomic mass is 10.1. The monoisotopic (exact) mass is 324 g/mol. The van der Waals surface area contributed by atoms with Crippen LogP contribution in [0, 0.1) is 0 Å². The van der Waals surface area contributed by atoms with Crippen molar-refractivity contribution in [3.8, 4) is 0 Å². The highest BCUT2D eigenvalue weighted by Crippen LogP contribution is 2.15. The first-order valence-corrected chi connectivity index (χ1v) is 7.28. The smallest absolute Gasteiger partial charge is 0.186 e. The van der Waals surface area contributed by atoms with Crippen LogP contribution < -0.4 is 5.73 Å². The molecule has 18 heavy (non-hydrogen) atoms. The molecular weight excluding hydrogens is 312 g/mol. The summed E-state index contributed by atoms with van der Waals surface area (Å²) in [6, 6.07) is 7.75. The first-order valence-electron chi connectivity index (χ1n) is 5.61. The van der Waals surface area contributed by atoms with Crippen LogP contribution in [0.5, 0.6) is 0 Å². The number of benzene rings is 1. The minimum atomic E-state index is 0.0526. The van der Waals surface area contributed by atoms with Gasteiger partial charge >= 0.3 is 0 Å². The fourth-order valence-electron chi connectivity index (χ4n) is 1.56. The van der Waals surface area contributed by atoms with E-state index in [1.807, 2.05) is 29.6 Å². The predicted molar refractivity (Wildman–Crippen MR) is 77.0 cm³/mol. The molecule has 0 spiro atoms. The molecule has 0 saturated heterocycles. The first kappa shape index (κ1) is 13.4. The fraction of sp³-hybridized carbons (Fsp3) is 0.231. The van der Waals surface area contributed by atoms with E-state index in [-0.39, 0.29) is 5.78 Å². The number of halogens is 1. The van der Waals surface area contributed by atoms with E-state index in [1.54, 1.807) is 0 Å². The maximum Gasteiger partial charge on any atom is 0.186 e. The highest BCUT2D eigenvalue weighted by Gasteiger charge is 2.11. The molecule has 1 aromatic heterocycles. The van der Waals surface area contributed by atoms with E-state index in [9.17, 15) is 4.79 Å². The van der Waals surface area contributed by atoms with Gasteiger partial charge in [0.15, 0.2) is 5.78 Å². The standard InChI is InChI=1S/C13H13BrN2OS/c14-10-3-1-9(2-4-10)7-12(17)11-8-18-13(16-11)5-6-15/h1-4,8H,5-7,15H2. The average molecular weight is 325 g/mol. The van der Waals surface area contributed by atoms with Crippen molar-refractivity contribution in [2.45, 2.75) is 12.8 Å². The third-order valence-corrected chi connectivity index (χ3v) is 3.91. The highest BCUT2D eigenvalue weighted by molar-refractivity contribution is 9.10. The summed E-state index contributed by atoms with van der Waals surface area (Å²) in [5.41, 5.74) is 7.01. The van der Waals surface area contributed by atoms with E-state index in [4.69, 9.17) is 5.73 Å². The van der Waals surface area contributed by atoms with Crippen LogP contribution >= 0.6 is 27.3 Å². The van der Waals surface area contributed by atoms with Crippen molar-refractivity contribution in [2.75, 3.05) is 6.54 Å². The number of nitrogens with zero attached hydrogens (tertiary/aromatic N) is 1. The van der Waals surface area contributed by atoms with Gasteiger partial charge in [0.25, 0.3) is 0 Å². The molecule has 0 saturated carbocycles. The zero-order valence-corrected chi connectivity index (χ0v) is 12.1. The molecule has 1 aromatic carbocycles. The molecule has 0 aliphatic rings.